The predicted octanol–water partition coefficient (Wildman–Crippen LogP) is 5.84. The van der Waals surface area contributed by atoms with Crippen LogP contribution in [0, 0.1) is 0 Å². The van der Waals surface area contributed by atoms with E-state index in [1.807, 2.05) is 36.4 Å². The molecule has 0 radical (unpaired) electrons. The average Bonchev–Trinajstić information content (AvgIpc) is 2.47. The quantitative estimate of drug-likeness (QED) is 0.584. The second-order valence-electron chi connectivity index (χ2n) is 4.61. The number of hydrogen-bond donors (Lipinski definition) is 1. The van der Waals surface area contributed by atoms with Crippen molar-refractivity contribution in [3.8, 4) is 5.75 Å². The molecule has 0 saturated carbocycles. The molecule has 1 unspecified atom stereocenters. The van der Waals surface area contributed by atoms with Crippen LogP contribution in [0.3, 0.4) is 0 Å². The molecule has 0 aliphatic rings. The molecule has 5 heteroatoms. The van der Waals surface area contributed by atoms with Crippen LogP contribution < -0.4 is 4.74 Å². The first-order chi connectivity index (χ1) is 10.0. The van der Waals surface area contributed by atoms with Gasteiger partial charge in [-0.1, -0.05) is 44.8 Å². The maximum Gasteiger partial charge on any atom is 0.133 e. The van der Waals surface area contributed by atoms with Gasteiger partial charge in [0, 0.05) is 14.5 Å². The lowest BCUT2D eigenvalue weighted by Gasteiger charge is -2.15. The molecule has 0 aliphatic carbocycles. The highest BCUT2D eigenvalue weighted by Gasteiger charge is 2.15. The summed E-state index contributed by atoms with van der Waals surface area (Å²) in [5.41, 5.74) is 1.63. The van der Waals surface area contributed by atoms with Gasteiger partial charge in [-0.25, -0.2) is 0 Å². The molecule has 0 bridgehead atoms. The van der Waals surface area contributed by atoms with Gasteiger partial charge in [0.25, 0.3) is 0 Å². The van der Waals surface area contributed by atoms with Crippen molar-refractivity contribution in [3.63, 3.8) is 0 Å². The van der Waals surface area contributed by atoms with Crippen LogP contribution in [-0.2, 0) is 0 Å². The number of aliphatic hydroxyl groups is 1. The zero-order valence-corrected chi connectivity index (χ0v) is 16.2. The van der Waals surface area contributed by atoms with Crippen LogP contribution in [0.2, 0.25) is 0 Å². The Morgan fingerprint density at radius 1 is 1.05 bits per heavy atom. The van der Waals surface area contributed by atoms with E-state index in [1.165, 1.54) is 0 Å². The van der Waals surface area contributed by atoms with Gasteiger partial charge in [-0.2, -0.15) is 0 Å². The molecular weight excluding hydrogens is 464 g/mol. The maximum atomic E-state index is 10.6. The first kappa shape index (κ1) is 17.0. The standard InChI is InChI=1S/C16H15Br3O2/c1-2-7-21-15-6-3-10(8-14(15)19)16(20)12-9-11(17)4-5-13(12)18/h3-6,8-9,16,20H,2,7H2,1H3. The number of benzene rings is 2. The van der Waals surface area contributed by atoms with Crippen LogP contribution in [0.1, 0.15) is 30.6 Å². The number of hydrogen-bond acceptors (Lipinski definition) is 2. The van der Waals surface area contributed by atoms with Gasteiger partial charge in [0.05, 0.1) is 11.1 Å². The summed E-state index contributed by atoms with van der Waals surface area (Å²) in [6.07, 6.45) is 0.260. The van der Waals surface area contributed by atoms with Gasteiger partial charge >= 0.3 is 0 Å². The van der Waals surface area contributed by atoms with Gasteiger partial charge in [-0.05, 0) is 58.2 Å². The molecule has 2 nitrogen and oxygen atoms in total. The van der Waals surface area contributed by atoms with Crippen LogP contribution in [0.25, 0.3) is 0 Å². The van der Waals surface area contributed by atoms with Crippen molar-refractivity contribution in [3.05, 3.63) is 60.9 Å². The number of rotatable bonds is 5. The molecule has 0 heterocycles. The molecule has 1 N–H and O–H groups in total. The first-order valence-corrected chi connectivity index (χ1v) is 8.96. The third-order valence-electron chi connectivity index (χ3n) is 2.99. The summed E-state index contributed by atoms with van der Waals surface area (Å²) in [6.45, 7) is 2.74. The summed E-state index contributed by atoms with van der Waals surface area (Å²) in [5, 5.41) is 10.6. The van der Waals surface area contributed by atoms with Crippen LogP contribution in [-0.4, -0.2) is 11.7 Å². The van der Waals surface area contributed by atoms with Gasteiger partial charge in [0.1, 0.15) is 11.9 Å². The lowest BCUT2D eigenvalue weighted by atomic mass is 10.0. The fourth-order valence-electron chi connectivity index (χ4n) is 1.92. The van der Waals surface area contributed by atoms with E-state index >= 15 is 0 Å². The highest BCUT2D eigenvalue weighted by atomic mass is 79.9. The molecule has 0 aliphatic heterocycles. The molecule has 0 aromatic heterocycles. The van der Waals surface area contributed by atoms with E-state index < -0.39 is 6.10 Å². The summed E-state index contributed by atoms with van der Waals surface area (Å²) in [5.74, 6) is 0.793. The summed E-state index contributed by atoms with van der Waals surface area (Å²) in [6, 6.07) is 11.4. The Bertz CT molecular complexity index is 629. The largest absolute Gasteiger partial charge is 0.492 e. The van der Waals surface area contributed by atoms with E-state index in [9.17, 15) is 5.11 Å². The molecular formula is C16H15Br3O2. The second-order valence-corrected chi connectivity index (χ2v) is 7.23. The van der Waals surface area contributed by atoms with Crippen molar-refractivity contribution < 1.29 is 9.84 Å². The minimum atomic E-state index is -0.701. The summed E-state index contributed by atoms with van der Waals surface area (Å²) < 4.78 is 8.28. The molecule has 2 aromatic rings. The van der Waals surface area contributed by atoms with E-state index in [1.54, 1.807) is 0 Å². The van der Waals surface area contributed by atoms with E-state index in [0.29, 0.717) is 6.61 Å². The fraction of sp³-hybridized carbons (Fsp3) is 0.250. The maximum absolute atomic E-state index is 10.6. The molecule has 0 fully saturated rings. The van der Waals surface area contributed by atoms with Crippen molar-refractivity contribution in [2.75, 3.05) is 6.61 Å². The predicted molar refractivity (Wildman–Crippen MR) is 95.8 cm³/mol. The highest BCUT2D eigenvalue weighted by molar-refractivity contribution is 9.11. The molecule has 1 atom stereocenters. The lowest BCUT2D eigenvalue weighted by molar-refractivity contribution is 0.219. The minimum Gasteiger partial charge on any atom is -0.492 e. The summed E-state index contributed by atoms with van der Waals surface area (Å²) >= 11 is 10.4. The summed E-state index contributed by atoms with van der Waals surface area (Å²) in [4.78, 5) is 0. The van der Waals surface area contributed by atoms with Crippen LogP contribution in [0.4, 0.5) is 0 Å². The number of halogens is 3. The Labute approximate surface area is 149 Å². The lowest BCUT2D eigenvalue weighted by Crippen LogP contribution is -2.02. The van der Waals surface area contributed by atoms with Crippen LogP contribution in [0.15, 0.2) is 49.8 Å². The highest BCUT2D eigenvalue weighted by Crippen LogP contribution is 2.34. The Kier molecular flexibility index (Phi) is 6.29. The van der Waals surface area contributed by atoms with Gasteiger partial charge in [-0.3, -0.25) is 0 Å². The van der Waals surface area contributed by atoms with E-state index in [-0.39, 0.29) is 0 Å². The summed E-state index contributed by atoms with van der Waals surface area (Å²) in [7, 11) is 0. The number of aliphatic hydroxyl groups excluding tert-OH is 1. The molecule has 21 heavy (non-hydrogen) atoms. The van der Waals surface area contributed by atoms with Crippen LogP contribution in [0.5, 0.6) is 5.75 Å². The smallest absolute Gasteiger partial charge is 0.133 e. The SMILES string of the molecule is CCCOc1ccc(C(O)c2cc(Br)ccc2Br)cc1Br. The zero-order chi connectivity index (χ0) is 15.4. The third-order valence-corrected chi connectivity index (χ3v) is 4.82. The normalized spacial score (nSPS) is 12.2. The van der Waals surface area contributed by atoms with Gasteiger partial charge < -0.3 is 9.84 Å². The number of ether oxygens (including phenoxy) is 1. The van der Waals surface area contributed by atoms with Crippen molar-refractivity contribution in [2.45, 2.75) is 19.4 Å². The Hall–Kier alpha value is -0.360. The second kappa shape index (κ2) is 7.77. The topological polar surface area (TPSA) is 29.5 Å². The van der Waals surface area contributed by atoms with Gasteiger partial charge in [-0.15, -0.1) is 0 Å². The Morgan fingerprint density at radius 3 is 2.48 bits per heavy atom. The van der Waals surface area contributed by atoms with Crippen molar-refractivity contribution in [1.29, 1.82) is 0 Å². The minimum absolute atomic E-state index is 0.678. The zero-order valence-electron chi connectivity index (χ0n) is 11.4. The fourth-order valence-corrected chi connectivity index (χ4v) is 3.27. The van der Waals surface area contributed by atoms with E-state index in [0.717, 1.165) is 36.7 Å². The van der Waals surface area contributed by atoms with E-state index in [2.05, 4.69) is 54.7 Å². The van der Waals surface area contributed by atoms with Gasteiger partial charge in [0.15, 0.2) is 0 Å². The monoisotopic (exact) mass is 476 g/mol. The molecule has 112 valence electrons. The first-order valence-electron chi connectivity index (χ1n) is 6.58. The van der Waals surface area contributed by atoms with Crippen molar-refractivity contribution in [1.82, 2.24) is 0 Å². The van der Waals surface area contributed by atoms with Crippen molar-refractivity contribution >= 4 is 47.8 Å². The van der Waals surface area contributed by atoms with Crippen LogP contribution >= 0.6 is 47.8 Å². The molecule has 0 saturated heterocycles. The Balaban J connectivity index is 2.29. The molecule has 2 aromatic carbocycles. The average molecular weight is 479 g/mol. The third kappa shape index (κ3) is 4.31. The molecule has 0 spiro atoms. The Morgan fingerprint density at radius 2 is 1.81 bits per heavy atom. The molecule has 0 amide bonds. The molecule has 2 rings (SSSR count). The van der Waals surface area contributed by atoms with E-state index in [4.69, 9.17) is 4.74 Å². The van der Waals surface area contributed by atoms with Crippen molar-refractivity contribution in [2.24, 2.45) is 0 Å². The van der Waals surface area contributed by atoms with Gasteiger partial charge in [0.2, 0.25) is 0 Å².